The van der Waals surface area contributed by atoms with Gasteiger partial charge in [-0.05, 0) is 56.0 Å². The summed E-state index contributed by atoms with van der Waals surface area (Å²) in [7, 11) is 3.19. The van der Waals surface area contributed by atoms with Crippen LogP contribution in [0.2, 0.25) is 0 Å². The number of hydrogen-bond donors (Lipinski definition) is 1. The van der Waals surface area contributed by atoms with Gasteiger partial charge in [0.25, 0.3) is 0 Å². The van der Waals surface area contributed by atoms with Gasteiger partial charge in [-0.2, -0.15) is 0 Å². The van der Waals surface area contributed by atoms with Crippen molar-refractivity contribution in [3.8, 4) is 11.5 Å². The van der Waals surface area contributed by atoms with Crippen molar-refractivity contribution in [3.05, 3.63) is 95.1 Å². The molecule has 0 spiro atoms. The van der Waals surface area contributed by atoms with Crippen molar-refractivity contribution in [1.29, 1.82) is 0 Å². The van der Waals surface area contributed by atoms with Gasteiger partial charge in [0, 0.05) is 25.4 Å². The average molecular weight is 503 g/mol. The number of amides is 2. The zero-order valence-corrected chi connectivity index (χ0v) is 22.5. The van der Waals surface area contributed by atoms with Crippen LogP contribution in [0.25, 0.3) is 0 Å². The molecule has 0 aliphatic heterocycles. The number of hydrogen-bond acceptors (Lipinski definition) is 4. The lowest BCUT2D eigenvalue weighted by Gasteiger charge is -2.32. The molecule has 2 amide bonds. The van der Waals surface area contributed by atoms with Crippen molar-refractivity contribution < 1.29 is 19.1 Å². The number of aryl methyl sites for hydroxylation is 2. The lowest BCUT2D eigenvalue weighted by atomic mass is 10.0. The minimum Gasteiger partial charge on any atom is -0.493 e. The zero-order valence-electron chi connectivity index (χ0n) is 22.5. The highest BCUT2D eigenvalue weighted by Gasteiger charge is 2.30. The summed E-state index contributed by atoms with van der Waals surface area (Å²) in [6.45, 7) is 6.25. The molecule has 3 aromatic rings. The lowest BCUT2D eigenvalue weighted by Crippen LogP contribution is -2.51. The first-order valence-electron chi connectivity index (χ1n) is 12.7. The van der Waals surface area contributed by atoms with Gasteiger partial charge in [0.05, 0.1) is 14.2 Å². The molecule has 196 valence electrons. The van der Waals surface area contributed by atoms with E-state index in [9.17, 15) is 9.59 Å². The molecule has 6 heteroatoms. The number of carbonyl (C=O) groups excluding carboxylic acids is 2. The molecular formula is C31H38N2O4. The predicted molar refractivity (Wildman–Crippen MR) is 147 cm³/mol. The maximum atomic E-state index is 13.8. The van der Waals surface area contributed by atoms with Crippen molar-refractivity contribution in [2.24, 2.45) is 0 Å². The molecule has 0 fully saturated rings. The fourth-order valence-corrected chi connectivity index (χ4v) is 4.26. The van der Waals surface area contributed by atoms with Gasteiger partial charge in [0.1, 0.15) is 6.04 Å². The Hall–Kier alpha value is -3.80. The van der Waals surface area contributed by atoms with Crippen LogP contribution in [-0.2, 0) is 29.0 Å². The number of methoxy groups -OCH3 is 2. The van der Waals surface area contributed by atoms with E-state index >= 15 is 0 Å². The van der Waals surface area contributed by atoms with Gasteiger partial charge in [-0.3, -0.25) is 9.59 Å². The Morgan fingerprint density at radius 3 is 2.11 bits per heavy atom. The highest BCUT2D eigenvalue weighted by molar-refractivity contribution is 5.88. The average Bonchev–Trinajstić information content (AvgIpc) is 2.90. The molecule has 0 aliphatic rings. The topological polar surface area (TPSA) is 67.9 Å². The van der Waals surface area contributed by atoms with Gasteiger partial charge in [-0.1, -0.05) is 66.2 Å². The van der Waals surface area contributed by atoms with Crippen LogP contribution in [0.1, 0.15) is 42.5 Å². The number of nitrogens with zero attached hydrogens (tertiary/aromatic N) is 1. The Labute approximate surface area is 220 Å². The Bertz CT molecular complexity index is 1160. The van der Waals surface area contributed by atoms with Crippen LogP contribution in [-0.4, -0.2) is 43.0 Å². The molecule has 0 saturated heterocycles. The van der Waals surface area contributed by atoms with Gasteiger partial charge < -0.3 is 19.7 Å². The quantitative estimate of drug-likeness (QED) is 0.374. The molecule has 37 heavy (non-hydrogen) atoms. The summed E-state index contributed by atoms with van der Waals surface area (Å²) in [5.41, 5.74) is 4.11. The van der Waals surface area contributed by atoms with Crippen LogP contribution < -0.4 is 14.8 Å². The maximum Gasteiger partial charge on any atom is 0.243 e. The van der Waals surface area contributed by atoms with Crippen molar-refractivity contribution in [3.63, 3.8) is 0 Å². The highest BCUT2D eigenvalue weighted by atomic mass is 16.5. The van der Waals surface area contributed by atoms with Crippen molar-refractivity contribution >= 4 is 11.8 Å². The van der Waals surface area contributed by atoms with Crippen molar-refractivity contribution in [2.75, 3.05) is 14.2 Å². The minimum atomic E-state index is -0.635. The summed E-state index contributed by atoms with van der Waals surface area (Å²) in [5.74, 6) is 1.05. The third kappa shape index (κ3) is 8.10. The number of rotatable bonds is 12. The summed E-state index contributed by atoms with van der Waals surface area (Å²) in [6, 6.07) is 22.9. The molecule has 0 aromatic heterocycles. The van der Waals surface area contributed by atoms with E-state index in [1.807, 2.05) is 93.6 Å². The number of ether oxygens (including phenoxy) is 2. The second-order valence-electron chi connectivity index (χ2n) is 9.57. The molecule has 0 radical (unpaired) electrons. The van der Waals surface area contributed by atoms with Gasteiger partial charge in [-0.25, -0.2) is 0 Å². The van der Waals surface area contributed by atoms with Crippen LogP contribution in [0, 0.1) is 6.92 Å². The summed E-state index contributed by atoms with van der Waals surface area (Å²) < 4.78 is 10.8. The third-order valence-corrected chi connectivity index (χ3v) is 6.25. The first-order valence-corrected chi connectivity index (χ1v) is 12.7. The van der Waals surface area contributed by atoms with E-state index in [0.717, 1.165) is 22.3 Å². The number of benzene rings is 3. The Kier molecular flexibility index (Phi) is 10.1. The third-order valence-electron chi connectivity index (χ3n) is 6.25. The van der Waals surface area contributed by atoms with Crippen LogP contribution in [0.15, 0.2) is 72.8 Å². The molecule has 1 atom stereocenters. The van der Waals surface area contributed by atoms with Crippen LogP contribution in [0.4, 0.5) is 0 Å². The maximum absolute atomic E-state index is 13.8. The van der Waals surface area contributed by atoms with Gasteiger partial charge >= 0.3 is 0 Å². The second-order valence-corrected chi connectivity index (χ2v) is 9.57. The van der Waals surface area contributed by atoms with E-state index in [2.05, 4.69) is 5.32 Å². The molecule has 0 aliphatic carbocycles. The van der Waals surface area contributed by atoms with Gasteiger partial charge in [0.15, 0.2) is 11.5 Å². The van der Waals surface area contributed by atoms with Gasteiger partial charge in [0.2, 0.25) is 11.8 Å². The standard InChI is InChI=1S/C31H38N2O4/c1-22(2)32-31(35)27(19-24-9-7-6-8-10-24)33(21-26-13-11-23(3)12-14-26)30(34)18-16-25-15-17-28(36-4)29(20-25)37-5/h6-15,17,20,22,27H,16,18-19,21H2,1-5H3,(H,32,35)/t27-/m1/s1. The largest absolute Gasteiger partial charge is 0.493 e. The molecule has 0 saturated carbocycles. The summed E-state index contributed by atoms with van der Waals surface area (Å²) in [5, 5.41) is 3.03. The fraction of sp³-hybridized carbons (Fsp3) is 0.355. The second kappa shape index (κ2) is 13.5. The van der Waals surface area contributed by atoms with E-state index in [1.54, 1.807) is 19.1 Å². The van der Waals surface area contributed by atoms with E-state index in [-0.39, 0.29) is 24.3 Å². The SMILES string of the molecule is COc1ccc(CCC(=O)N(Cc2ccc(C)cc2)[C@H](Cc2ccccc2)C(=O)NC(C)C)cc1OC. The summed E-state index contributed by atoms with van der Waals surface area (Å²) in [4.78, 5) is 29.0. The highest BCUT2D eigenvalue weighted by Crippen LogP contribution is 2.28. The number of nitrogens with one attached hydrogen (secondary N) is 1. The smallest absolute Gasteiger partial charge is 0.243 e. The predicted octanol–water partition coefficient (Wildman–Crippen LogP) is 5.11. The van der Waals surface area contributed by atoms with E-state index < -0.39 is 6.04 Å². The fourth-order valence-electron chi connectivity index (χ4n) is 4.26. The molecule has 1 N–H and O–H groups in total. The van der Waals surface area contributed by atoms with E-state index in [1.165, 1.54) is 0 Å². The lowest BCUT2D eigenvalue weighted by molar-refractivity contribution is -0.141. The van der Waals surface area contributed by atoms with Crippen LogP contribution >= 0.6 is 0 Å². The van der Waals surface area contributed by atoms with Crippen LogP contribution in [0.3, 0.4) is 0 Å². The van der Waals surface area contributed by atoms with E-state index in [0.29, 0.717) is 30.9 Å². The molecular weight excluding hydrogens is 464 g/mol. The molecule has 0 heterocycles. The molecule has 6 nitrogen and oxygen atoms in total. The normalized spacial score (nSPS) is 11.6. The first kappa shape index (κ1) is 27.8. The van der Waals surface area contributed by atoms with Crippen molar-refractivity contribution in [1.82, 2.24) is 10.2 Å². The van der Waals surface area contributed by atoms with Crippen molar-refractivity contribution in [2.45, 2.75) is 58.7 Å². The summed E-state index contributed by atoms with van der Waals surface area (Å²) in [6.07, 6.45) is 1.22. The first-order chi connectivity index (χ1) is 17.8. The number of carbonyl (C=O) groups is 2. The minimum absolute atomic E-state index is 0.0335. The molecule has 0 unspecified atom stereocenters. The van der Waals surface area contributed by atoms with Crippen LogP contribution in [0.5, 0.6) is 11.5 Å². The monoisotopic (exact) mass is 502 g/mol. The molecule has 3 rings (SSSR count). The Morgan fingerprint density at radius 2 is 1.49 bits per heavy atom. The summed E-state index contributed by atoms with van der Waals surface area (Å²) >= 11 is 0. The van der Waals surface area contributed by atoms with E-state index in [4.69, 9.17) is 9.47 Å². The van der Waals surface area contributed by atoms with Gasteiger partial charge in [-0.15, -0.1) is 0 Å². The molecule has 0 bridgehead atoms. The molecule has 3 aromatic carbocycles. The Balaban J connectivity index is 1.90. The zero-order chi connectivity index (χ0) is 26.8. The Morgan fingerprint density at radius 1 is 0.838 bits per heavy atom.